The summed E-state index contributed by atoms with van der Waals surface area (Å²) in [6, 6.07) is 3.35. The van der Waals surface area contributed by atoms with Gasteiger partial charge in [-0.15, -0.1) is 11.8 Å². The monoisotopic (exact) mass is 422 g/mol. The lowest BCUT2D eigenvalue weighted by Gasteiger charge is -2.21. The van der Waals surface area contributed by atoms with E-state index in [0.717, 1.165) is 10.6 Å². The van der Waals surface area contributed by atoms with Crippen LogP contribution >= 0.6 is 23.4 Å². The molecule has 0 aliphatic rings. The Hall–Kier alpha value is -1.99. The van der Waals surface area contributed by atoms with Crippen LogP contribution in [-0.4, -0.2) is 25.7 Å². The number of pyridine rings is 2. The van der Waals surface area contributed by atoms with E-state index >= 15 is 0 Å². The first kappa shape index (κ1) is 20.7. The summed E-state index contributed by atoms with van der Waals surface area (Å²) in [5.74, 6) is 0.447. The van der Waals surface area contributed by atoms with Gasteiger partial charge in [-0.2, -0.15) is 4.39 Å². The zero-order chi connectivity index (χ0) is 20.6. The van der Waals surface area contributed by atoms with E-state index in [1.807, 2.05) is 16.7 Å². The highest BCUT2D eigenvalue weighted by Crippen LogP contribution is 2.40. The van der Waals surface area contributed by atoms with Crippen LogP contribution in [0.15, 0.2) is 29.4 Å². The van der Waals surface area contributed by atoms with E-state index in [-0.39, 0.29) is 21.2 Å². The van der Waals surface area contributed by atoms with E-state index in [4.69, 9.17) is 22.1 Å². The number of hydrogen-bond donors (Lipinski definition) is 1. The highest BCUT2D eigenvalue weighted by Gasteiger charge is 2.20. The standard InChI is InChI=1S/C20H24ClFN4OS/c1-11(2)10-27-15-7-17-24-8-14(12-6-13(21)19(23)25-18(12)22)26(17)9-16(15)28-20(3,4)5/h6-9,11H,10H2,1-5H3,(H2,23,25). The van der Waals surface area contributed by atoms with E-state index in [9.17, 15) is 4.39 Å². The smallest absolute Gasteiger partial charge is 0.224 e. The van der Waals surface area contributed by atoms with Gasteiger partial charge in [-0.3, -0.25) is 4.40 Å². The largest absolute Gasteiger partial charge is 0.492 e. The van der Waals surface area contributed by atoms with Crippen molar-refractivity contribution in [1.82, 2.24) is 14.4 Å². The summed E-state index contributed by atoms with van der Waals surface area (Å²) in [6.45, 7) is 11.2. The van der Waals surface area contributed by atoms with Crippen molar-refractivity contribution >= 4 is 34.8 Å². The second-order valence-corrected chi connectivity index (χ2v) is 10.3. The predicted molar refractivity (Wildman–Crippen MR) is 114 cm³/mol. The number of rotatable bonds is 5. The highest BCUT2D eigenvalue weighted by atomic mass is 35.5. The van der Waals surface area contributed by atoms with E-state index in [0.29, 0.717) is 23.9 Å². The summed E-state index contributed by atoms with van der Waals surface area (Å²) < 4.78 is 22.3. The molecular formula is C20H24ClFN4OS. The third-order valence-electron chi connectivity index (χ3n) is 3.80. The van der Waals surface area contributed by atoms with Crippen LogP contribution in [0.4, 0.5) is 10.2 Å². The van der Waals surface area contributed by atoms with Gasteiger partial charge in [0.1, 0.15) is 17.2 Å². The van der Waals surface area contributed by atoms with Gasteiger partial charge in [-0.25, -0.2) is 9.97 Å². The first-order chi connectivity index (χ1) is 13.0. The first-order valence-electron chi connectivity index (χ1n) is 9.00. The van der Waals surface area contributed by atoms with Crippen molar-refractivity contribution in [3.63, 3.8) is 0 Å². The zero-order valence-corrected chi connectivity index (χ0v) is 18.2. The normalized spacial score (nSPS) is 12.1. The van der Waals surface area contributed by atoms with Crippen molar-refractivity contribution in [1.29, 1.82) is 0 Å². The third-order valence-corrected chi connectivity index (χ3v) is 5.24. The molecule has 0 saturated carbocycles. The average Bonchev–Trinajstić information content (AvgIpc) is 2.97. The molecule has 0 spiro atoms. The van der Waals surface area contributed by atoms with Gasteiger partial charge in [-0.05, 0) is 12.0 Å². The highest BCUT2D eigenvalue weighted by molar-refractivity contribution is 8.00. The summed E-state index contributed by atoms with van der Waals surface area (Å²) in [5, 5.41) is 0.201. The number of nitrogens with two attached hydrogens (primary N) is 1. The Morgan fingerprint density at radius 2 is 2.04 bits per heavy atom. The minimum absolute atomic E-state index is 0.0261. The van der Waals surface area contributed by atoms with Gasteiger partial charge in [0.15, 0.2) is 0 Å². The summed E-state index contributed by atoms with van der Waals surface area (Å²) in [4.78, 5) is 9.06. The fraction of sp³-hybridized carbons (Fsp3) is 0.400. The molecule has 0 aliphatic carbocycles. The molecule has 0 aromatic carbocycles. The summed E-state index contributed by atoms with van der Waals surface area (Å²) >= 11 is 7.74. The van der Waals surface area contributed by atoms with Gasteiger partial charge in [0.05, 0.1) is 34.0 Å². The SMILES string of the molecule is CC(C)COc1cc2ncc(-c3cc(Cl)c(N)nc3F)n2cc1SC(C)(C)C. The fourth-order valence-electron chi connectivity index (χ4n) is 2.62. The van der Waals surface area contributed by atoms with E-state index in [1.165, 1.54) is 6.07 Å². The molecular weight excluding hydrogens is 399 g/mol. The molecule has 3 rings (SSSR count). The second-order valence-electron chi connectivity index (χ2n) is 7.99. The molecule has 3 aromatic rings. The molecule has 0 amide bonds. The number of hydrogen-bond acceptors (Lipinski definition) is 5. The minimum Gasteiger partial charge on any atom is -0.492 e. The number of nitrogens with zero attached hydrogens (tertiary/aromatic N) is 3. The topological polar surface area (TPSA) is 65.4 Å². The summed E-state index contributed by atoms with van der Waals surface area (Å²) in [6.07, 6.45) is 3.52. The molecule has 3 heterocycles. The molecule has 0 saturated heterocycles. The molecule has 8 heteroatoms. The molecule has 3 aromatic heterocycles. The van der Waals surface area contributed by atoms with Crippen LogP contribution < -0.4 is 10.5 Å². The lowest BCUT2D eigenvalue weighted by molar-refractivity contribution is 0.265. The van der Waals surface area contributed by atoms with Crippen LogP contribution in [0, 0.1) is 11.9 Å². The predicted octanol–water partition coefficient (Wildman–Crippen LogP) is 5.70. The van der Waals surface area contributed by atoms with Crippen molar-refractivity contribution in [2.75, 3.05) is 12.3 Å². The van der Waals surface area contributed by atoms with Crippen LogP contribution in [0.25, 0.3) is 16.9 Å². The summed E-state index contributed by atoms with van der Waals surface area (Å²) in [7, 11) is 0. The molecule has 0 fully saturated rings. The van der Waals surface area contributed by atoms with Crippen LogP contribution in [0.3, 0.4) is 0 Å². The van der Waals surface area contributed by atoms with E-state index < -0.39 is 5.95 Å². The van der Waals surface area contributed by atoms with Gasteiger partial charge in [0.2, 0.25) is 5.95 Å². The van der Waals surface area contributed by atoms with Crippen LogP contribution in [0.1, 0.15) is 34.6 Å². The molecule has 0 bridgehead atoms. The Balaban J connectivity index is 2.15. The average molecular weight is 423 g/mol. The van der Waals surface area contributed by atoms with E-state index in [1.54, 1.807) is 18.0 Å². The first-order valence-corrected chi connectivity index (χ1v) is 10.2. The molecule has 28 heavy (non-hydrogen) atoms. The Kier molecular flexibility index (Phi) is 5.77. The van der Waals surface area contributed by atoms with Crippen molar-refractivity contribution in [3.8, 4) is 17.0 Å². The van der Waals surface area contributed by atoms with Crippen LogP contribution in [0.5, 0.6) is 5.75 Å². The lowest BCUT2D eigenvalue weighted by Crippen LogP contribution is -2.10. The minimum atomic E-state index is -0.686. The van der Waals surface area contributed by atoms with Crippen molar-refractivity contribution in [2.24, 2.45) is 5.92 Å². The number of imidazole rings is 1. The Morgan fingerprint density at radius 1 is 1.32 bits per heavy atom. The number of aromatic nitrogens is 3. The molecule has 150 valence electrons. The molecule has 0 radical (unpaired) electrons. The van der Waals surface area contributed by atoms with Gasteiger partial charge >= 0.3 is 0 Å². The van der Waals surface area contributed by atoms with Crippen molar-refractivity contribution in [3.05, 3.63) is 35.5 Å². The maximum atomic E-state index is 14.5. The Bertz CT molecular complexity index is 1010. The lowest BCUT2D eigenvalue weighted by atomic mass is 10.2. The number of anilines is 1. The van der Waals surface area contributed by atoms with Gasteiger partial charge in [0, 0.05) is 17.0 Å². The molecule has 0 atom stereocenters. The Labute approximate surface area is 173 Å². The maximum Gasteiger partial charge on any atom is 0.224 e. The van der Waals surface area contributed by atoms with E-state index in [2.05, 4.69) is 44.6 Å². The Morgan fingerprint density at radius 3 is 2.68 bits per heavy atom. The number of thioether (sulfide) groups is 1. The number of nitrogen functional groups attached to an aromatic ring is 1. The maximum absolute atomic E-state index is 14.5. The molecule has 2 N–H and O–H groups in total. The van der Waals surface area contributed by atoms with Crippen LogP contribution in [0.2, 0.25) is 5.02 Å². The third kappa shape index (κ3) is 4.52. The number of halogens is 2. The van der Waals surface area contributed by atoms with Crippen LogP contribution in [-0.2, 0) is 0 Å². The molecule has 5 nitrogen and oxygen atoms in total. The fourth-order valence-corrected chi connectivity index (χ4v) is 3.81. The van der Waals surface area contributed by atoms with Gasteiger partial charge in [0.25, 0.3) is 0 Å². The quantitative estimate of drug-likeness (QED) is 0.422. The second kappa shape index (κ2) is 7.79. The van der Waals surface area contributed by atoms with Crippen molar-refractivity contribution in [2.45, 2.75) is 44.3 Å². The number of fused-ring (bicyclic) bond motifs is 1. The summed E-state index contributed by atoms with van der Waals surface area (Å²) in [5.41, 5.74) is 7.05. The van der Waals surface area contributed by atoms with Crippen molar-refractivity contribution < 1.29 is 9.13 Å². The number of ether oxygens (including phenoxy) is 1. The zero-order valence-electron chi connectivity index (χ0n) is 16.6. The molecule has 0 aliphatic heterocycles. The molecule has 0 unspecified atom stereocenters. The van der Waals surface area contributed by atoms with Gasteiger partial charge < -0.3 is 10.5 Å². The van der Waals surface area contributed by atoms with Gasteiger partial charge in [-0.1, -0.05) is 46.2 Å².